The van der Waals surface area contributed by atoms with Gasteiger partial charge >= 0.3 is 6.11 Å². The van der Waals surface area contributed by atoms with Gasteiger partial charge in [0, 0.05) is 50.3 Å². The van der Waals surface area contributed by atoms with Crippen LogP contribution in [0.5, 0.6) is 5.75 Å². The van der Waals surface area contributed by atoms with E-state index in [2.05, 4.69) is 20.1 Å². The van der Waals surface area contributed by atoms with Gasteiger partial charge in [0.1, 0.15) is 11.6 Å². The van der Waals surface area contributed by atoms with E-state index in [1.165, 1.54) is 30.5 Å². The molecule has 9 nitrogen and oxygen atoms in total. The number of nitrogens with one attached hydrogen (secondary N) is 1. The molecule has 2 saturated heterocycles. The molecule has 2 aliphatic rings. The highest BCUT2D eigenvalue weighted by Gasteiger charge is 2.28. The number of aliphatic hydroxyl groups excluding tert-OH is 1. The second kappa shape index (κ2) is 10.4. The molecule has 0 aliphatic carbocycles. The van der Waals surface area contributed by atoms with Gasteiger partial charge in [0.25, 0.3) is 5.91 Å². The zero-order valence-electron chi connectivity index (χ0n) is 20.4. The number of hydrogen-bond acceptors (Lipinski definition) is 7. The third kappa shape index (κ3) is 5.89. The number of halogens is 2. The van der Waals surface area contributed by atoms with Crippen LogP contribution in [0.2, 0.25) is 0 Å². The maximum Gasteiger partial charge on any atom is 0.394 e. The lowest BCUT2D eigenvalue weighted by Gasteiger charge is -2.26. The van der Waals surface area contributed by atoms with Crippen molar-refractivity contribution in [1.29, 1.82) is 0 Å². The lowest BCUT2D eigenvalue weighted by Crippen LogP contribution is -2.25. The second-order valence-electron chi connectivity index (χ2n) is 9.35. The highest BCUT2D eigenvalue weighted by molar-refractivity contribution is 6.05. The summed E-state index contributed by atoms with van der Waals surface area (Å²) < 4.78 is 38.5. The first-order chi connectivity index (χ1) is 17.8. The summed E-state index contributed by atoms with van der Waals surface area (Å²) in [6, 6.07) is 9.33. The zero-order chi connectivity index (χ0) is 26.0. The van der Waals surface area contributed by atoms with E-state index in [1.54, 1.807) is 12.3 Å². The number of nitrogens with zero attached hydrogens (tertiary/aromatic N) is 4. The summed E-state index contributed by atoms with van der Waals surface area (Å²) in [6.07, 6.45) is 2.77. The van der Waals surface area contributed by atoms with Crippen molar-refractivity contribution in [3.05, 3.63) is 54.4 Å². The summed E-state index contributed by atoms with van der Waals surface area (Å²) in [5, 5.41) is 17.4. The van der Waals surface area contributed by atoms with Gasteiger partial charge in [0.05, 0.1) is 17.4 Å². The fourth-order valence-electron chi connectivity index (χ4n) is 4.65. The van der Waals surface area contributed by atoms with Crippen LogP contribution in [0.25, 0.3) is 11.3 Å². The third-order valence-electron chi connectivity index (χ3n) is 6.38. The average molecular weight is 514 g/mol. The number of hydrogen-bond donors (Lipinski definition) is 2. The van der Waals surface area contributed by atoms with Crippen LogP contribution in [0.3, 0.4) is 0 Å². The molecule has 11 heteroatoms. The van der Waals surface area contributed by atoms with Crippen LogP contribution in [0.1, 0.15) is 49.2 Å². The SMILES string of the molecule is CC(F)(F)Oc1ccc(NC(=O)c2cnc(N3CC[C@@H](O)C3)c(-c3ccnn3C3CCCCO3)c2)cc1. The maximum atomic E-state index is 13.1. The van der Waals surface area contributed by atoms with Gasteiger partial charge in [0.15, 0.2) is 6.23 Å². The first-order valence-corrected chi connectivity index (χ1v) is 12.3. The molecular weight excluding hydrogens is 484 g/mol. The van der Waals surface area contributed by atoms with Crippen molar-refractivity contribution in [3.8, 4) is 17.0 Å². The van der Waals surface area contributed by atoms with Crippen LogP contribution in [-0.4, -0.2) is 57.7 Å². The van der Waals surface area contributed by atoms with Crippen LogP contribution < -0.4 is 15.0 Å². The van der Waals surface area contributed by atoms with Crippen molar-refractivity contribution < 1.29 is 28.2 Å². The summed E-state index contributed by atoms with van der Waals surface area (Å²) in [5.41, 5.74) is 2.22. The number of pyridine rings is 1. The number of aromatic nitrogens is 3. The van der Waals surface area contributed by atoms with Gasteiger partial charge in [-0.05, 0) is 62.1 Å². The van der Waals surface area contributed by atoms with Gasteiger partial charge in [-0.3, -0.25) is 4.79 Å². The molecule has 0 bridgehead atoms. The molecule has 2 N–H and O–H groups in total. The molecule has 1 aromatic carbocycles. The highest BCUT2D eigenvalue weighted by Crippen LogP contribution is 2.35. The Kier molecular flexibility index (Phi) is 7.07. The number of aliphatic hydroxyl groups is 1. The first-order valence-electron chi connectivity index (χ1n) is 12.3. The lowest BCUT2D eigenvalue weighted by atomic mass is 10.1. The summed E-state index contributed by atoms with van der Waals surface area (Å²) in [5.74, 6) is 0.244. The van der Waals surface area contributed by atoms with E-state index in [1.807, 2.05) is 15.6 Å². The number of amides is 1. The summed E-state index contributed by atoms with van der Waals surface area (Å²) in [7, 11) is 0. The van der Waals surface area contributed by atoms with E-state index >= 15 is 0 Å². The summed E-state index contributed by atoms with van der Waals surface area (Å²) >= 11 is 0. The molecule has 0 saturated carbocycles. The number of anilines is 2. The molecule has 1 unspecified atom stereocenters. The van der Waals surface area contributed by atoms with Crippen molar-refractivity contribution in [3.63, 3.8) is 0 Å². The summed E-state index contributed by atoms with van der Waals surface area (Å²) in [4.78, 5) is 19.7. The Morgan fingerprint density at radius 3 is 2.70 bits per heavy atom. The van der Waals surface area contributed by atoms with E-state index < -0.39 is 18.1 Å². The number of ether oxygens (including phenoxy) is 2. The van der Waals surface area contributed by atoms with E-state index in [0.717, 1.165) is 25.0 Å². The Hall–Kier alpha value is -3.57. The summed E-state index contributed by atoms with van der Waals surface area (Å²) in [6.45, 7) is 2.42. The Morgan fingerprint density at radius 1 is 1.22 bits per heavy atom. The lowest BCUT2D eigenvalue weighted by molar-refractivity contribution is -0.158. The quantitative estimate of drug-likeness (QED) is 0.481. The Balaban J connectivity index is 1.43. The Morgan fingerprint density at radius 2 is 2.03 bits per heavy atom. The van der Waals surface area contributed by atoms with E-state index in [-0.39, 0.29) is 12.0 Å². The van der Waals surface area contributed by atoms with Crippen molar-refractivity contribution in [2.45, 2.75) is 51.0 Å². The molecule has 0 radical (unpaired) electrons. The molecule has 1 amide bonds. The maximum absolute atomic E-state index is 13.1. The van der Waals surface area contributed by atoms with Crippen molar-refractivity contribution >= 4 is 17.4 Å². The number of alkyl halides is 2. The molecule has 196 valence electrons. The Labute approximate surface area is 213 Å². The molecule has 2 aromatic heterocycles. The normalized spacial score (nSPS) is 20.2. The van der Waals surface area contributed by atoms with Crippen LogP contribution >= 0.6 is 0 Å². The second-order valence-corrected chi connectivity index (χ2v) is 9.35. The van der Waals surface area contributed by atoms with Crippen molar-refractivity contribution in [1.82, 2.24) is 14.8 Å². The van der Waals surface area contributed by atoms with E-state index in [4.69, 9.17) is 4.74 Å². The van der Waals surface area contributed by atoms with E-state index in [0.29, 0.717) is 55.7 Å². The predicted molar refractivity (Wildman–Crippen MR) is 133 cm³/mol. The standard InChI is InChI=1S/C26H29F2N5O4/c1-26(27,28)37-20-7-5-18(6-8-20)31-25(35)17-14-21(24(29-15-17)32-12-10-19(34)16-32)22-9-11-30-33(22)23-4-2-3-13-36-23/h5-9,11,14-15,19,23,34H,2-4,10,12-13,16H2,1H3,(H,31,35)/t19-,23?/m1/s1. The average Bonchev–Trinajstić information content (AvgIpc) is 3.54. The van der Waals surface area contributed by atoms with Gasteiger partial charge in [-0.1, -0.05) is 0 Å². The van der Waals surface area contributed by atoms with Gasteiger partial charge in [0.2, 0.25) is 0 Å². The topological polar surface area (TPSA) is 102 Å². The number of benzene rings is 1. The molecule has 4 heterocycles. The molecular formula is C26H29F2N5O4. The minimum Gasteiger partial charge on any atom is -0.433 e. The molecule has 37 heavy (non-hydrogen) atoms. The minimum atomic E-state index is -3.30. The van der Waals surface area contributed by atoms with Gasteiger partial charge in [-0.25, -0.2) is 9.67 Å². The fraction of sp³-hybridized carbons (Fsp3) is 0.423. The number of carbonyl (C=O) groups is 1. The van der Waals surface area contributed by atoms with Crippen LogP contribution in [0.4, 0.5) is 20.3 Å². The number of carbonyl (C=O) groups excluding carboxylic acids is 1. The van der Waals surface area contributed by atoms with Crippen molar-refractivity contribution in [2.75, 3.05) is 29.9 Å². The molecule has 0 spiro atoms. The van der Waals surface area contributed by atoms with Crippen LogP contribution in [-0.2, 0) is 4.74 Å². The Bertz CT molecular complexity index is 1240. The molecule has 2 aliphatic heterocycles. The minimum absolute atomic E-state index is 0.00945. The fourth-order valence-corrected chi connectivity index (χ4v) is 4.65. The smallest absolute Gasteiger partial charge is 0.394 e. The molecule has 5 rings (SSSR count). The molecule has 3 aromatic rings. The van der Waals surface area contributed by atoms with Gasteiger partial charge in [-0.2, -0.15) is 13.9 Å². The number of β-amino-alcohol motifs (C(OH)–C–C–N with tert-alkyl or cyclic N) is 1. The predicted octanol–water partition coefficient (Wildman–Crippen LogP) is 4.46. The number of rotatable bonds is 7. The van der Waals surface area contributed by atoms with E-state index in [9.17, 15) is 18.7 Å². The molecule has 2 fully saturated rings. The van der Waals surface area contributed by atoms with Crippen LogP contribution in [0, 0.1) is 0 Å². The van der Waals surface area contributed by atoms with Crippen LogP contribution in [0.15, 0.2) is 48.8 Å². The third-order valence-corrected chi connectivity index (χ3v) is 6.38. The highest BCUT2D eigenvalue weighted by atomic mass is 19.3. The van der Waals surface area contributed by atoms with Gasteiger partial charge < -0.3 is 24.8 Å². The largest absolute Gasteiger partial charge is 0.433 e. The van der Waals surface area contributed by atoms with Crippen molar-refractivity contribution in [2.24, 2.45) is 0 Å². The first kappa shape index (κ1) is 25.1. The molecule has 2 atom stereocenters. The monoisotopic (exact) mass is 513 g/mol. The van der Waals surface area contributed by atoms with Gasteiger partial charge in [-0.15, -0.1) is 0 Å². The zero-order valence-corrected chi connectivity index (χ0v) is 20.4.